The third-order valence-corrected chi connectivity index (χ3v) is 3.94. The van der Waals surface area contributed by atoms with E-state index in [4.69, 9.17) is 0 Å². The molecular weight excluding hydrogens is 237 g/mol. The van der Waals surface area contributed by atoms with Crippen LogP contribution < -0.4 is 0 Å². The maximum absolute atomic E-state index is 2.33. The summed E-state index contributed by atoms with van der Waals surface area (Å²) in [7, 11) is 0. The van der Waals surface area contributed by atoms with E-state index in [2.05, 4.69) is 27.7 Å². The lowest BCUT2D eigenvalue weighted by Crippen LogP contribution is -2.50. The van der Waals surface area contributed by atoms with E-state index in [0.717, 1.165) is 0 Å². The second kappa shape index (κ2) is 13.8. The Kier molecular flexibility index (Phi) is 15.9. The predicted octanol–water partition coefficient (Wildman–Crippen LogP) is 5.06. The molecule has 0 spiro atoms. The molecule has 0 aliphatic heterocycles. The van der Waals surface area contributed by atoms with Gasteiger partial charge in [-0.05, 0) is 25.7 Å². The maximum Gasteiger partial charge on any atom is 0.0786 e. The van der Waals surface area contributed by atoms with Gasteiger partial charge in [0.05, 0.1) is 26.2 Å². The highest BCUT2D eigenvalue weighted by atomic mass is 31.0. The average Bonchev–Trinajstić information content (AvgIpc) is 2.37. The zero-order valence-electron chi connectivity index (χ0n) is 13.6. The van der Waals surface area contributed by atoms with Gasteiger partial charge in [0.25, 0.3) is 0 Å². The van der Waals surface area contributed by atoms with Gasteiger partial charge in [-0.1, -0.05) is 53.4 Å². The second-order valence-corrected chi connectivity index (χ2v) is 5.65. The summed E-state index contributed by atoms with van der Waals surface area (Å²) in [4.78, 5) is 0. The lowest BCUT2D eigenvalue weighted by Gasteiger charge is -2.39. The van der Waals surface area contributed by atoms with E-state index < -0.39 is 0 Å². The molecule has 0 aromatic rings. The summed E-state index contributed by atoms with van der Waals surface area (Å²) in [5.74, 6) is 0. The molecular formula is C16H39NP+. The second-order valence-electron chi connectivity index (χ2n) is 5.65. The van der Waals surface area contributed by atoms with Crippen LogP contribution in [-0.2, 0) is 0 Å². The molecule has 0 rings (SSSR count). The Morgan fingerprint density at radius 2 is 0.722 bits per heavy atom. The van der Waals surface area contributed by atoms with Crippen LogP contribution in [0.25, 0.3) is 0 Å². The van der Waals surface area contributed by atoms with Crippen molar-refractivity contribution in [2.75, 3.05) is 26.2 Å². The van der Waals surface area contributed by atoms with Gasteiger partial charge in [0.15, 0.2) is 0 Å². The Balaban J connectivity index is 0. The van der Waals surface area contributed by atoms with Gasteiger partial charge in [-0.2, -0.15) is 9.90 Å². The van der Waals surface area contributed by atoms with Gasteiger partial charge in [-0.15, -0.1) is 0 Å². The summed E-state index contributed by atoms with van der Waals surface area (Å²) in [5.41, 5.74) is 0. The van der Waals surface area contributed by atoms with Crippen molar-refractivity contribution < 1.29 is 4.48 Å². The normalized spacial score (nSPS) is 11.3. The standard InChI is InChI=1S/C16H36N.H3P/c1-5-9-13-17(14-10-6-2,15-11-7-3)16-12-8-4;/h5-16H2,1-4H3;1H3/q+1;. The van der Waals surface area contributed by atoms with Crippen LogP contribution in [-0.4, -0.2) is 30.7 Å². The van der Waals surface area contributed by atoms with Gasteiger partial charge in [-0.3, -0.25) is 0 Å². The molecule has 0 aliphatic rings. The van der Waals surface area contributed by atoms with E-state index in [9.17, 15) is 0 Å². The lowest BCUT2D eigenvalue weighted by atomic mass is 10.1. The Hall–Kier alpha value is 0.390. The Bertz CT molecular complexity index is 122. The average molecular weight is 276 g/mol. The van der Waals surface area contributed by atoms with E-state index >= 15 is 0 Å². The van der Waals surface area contributed by atoms with E-state index in [1.54, 1.807) is 0 Å². The quantitative estimate of drug-likeness (QED) is 0.345. The van der Waals surface area contributed by atoms with E-state index in [1.165, 1.54) is 82.0 Å². The fourth-order valence-corrected chi connectivity index (χ4v) is 2.64. The summed E-state index contributed by atoms with van der Waals surface area (Å²) in [6.45, 7) is 15.0. The van der Waals surface area contributed by atoms with Crippen molar-refractivity contribution in [2.45, 2.75) is 79.1 Å². The number of rotatable bonds is 12. The molecule has 0 bridgehead atoms. The summed E-state index contributed by atoms with van der Waals surface area (Å²) in [6, 6.07) is 0. The number of hydrogen-bond acceptors (Lipinski definition) is 0. The highest BCUT2D eigenvalue weighted by molar-refractivity contribution is 6.92. The summed E-state index contributed by atoms with van der Waals surface area (Å²) in [6.07, 6.45) is 11.1. The molecule has 18 heavy (non-hydrogen) atoms. The van der Waals surface area contributed by atoms with Crippen molar-refractivity contribution in [3.8, 4) is 0 Å². The minimum absolute atomic E-state index is 0. The summed E-state index contributed by atoms with van der Waals surface area (Å²) in [5, 5.41) is 0. The zero-order valence-corrected chi connectivity index (χ0v) is 15.1. The molecule has 0 N–H and O–H groups in total. The highest BCUT2D eigenvalue weighted by Crippen LogP contribution is 2.16. The molecule has 1 nitrogen and oxygen atoms in total. The number of quaternary nitrogens is 1. The predicted molar refractivity (Wildman–Crippen MR) is 90.5 cm³/mol. The lowest BCUT2D eigenvalue weighted by molar-refractivity contribution is -0.929. The molecule has 0 heterocycles. The van der Waals surface area contributed by atoms with Crippen LogP contribution in [0.5, 0.6) is 0 Å². The monoisotopic (exact) mass is 276 g/mol. The van der Waals surface area contributed by atoms with Crippen LogP contribution in [0.15, 0.2) is 0 Å². The van der Waals surface area contributed by atoms with Crippen LogP contribution in [0.4, 0.5) is 0 Å². The molecule has 0 aromatic heterocycles. The van der Waals surface area contributed by atoms with Crippen LogP contribution >= 0.6 is 9.90 Å². The topological polar surface area (TPSA) is 0 Å². The first-order valence-corrected chi connectivity index (χ1v) is 8.09. The molecule has 0 fully saturated rings. The van der Waals surface area contributed by atoms with Crippen molar-refractivity contribution in [3.05, 3.63) is 0 Å². The molecule has 0 aliphatic carbocycles. The first-order chi connectivity index (χ1) is 8.24. The highest BCUT2D eigenvalue weighted by Gasteiger charge is 2.24. The molecule has 0 amide bonds. The molecule has 1 unspecified atom stereocenters. The van der Waals surface area contributed by atoms with Crippen LogP contribution in [0, 0.1) is 0 Å². The van der Waals surface area contributed by atoms with Crippen LogP contribution in [0.1, 0.15) is 79.1 Å². The van der Waals surface area contributed by atoms with Gasteiger partial charge in [0.1, 0.15) is 0 Å². The molecule has 1 atom stereocenters. The molecule has 0 radical (unpaired) electrons. The van der Waals surface area contributed by atoms with Gasteiger partial charge >= 0.3 is 0 Å². The molecule has 0 aromatic carbocycles. The first-order valence-electron chi connectivity index (χ1n) is 8.09. The molecule has 2 heteroatoms. The Morgan fingerprint density at radius 1 is 0.500 bits per heavy atom. The largest absolute Gasteiger partial charge is 0.324 e. The van der Waals surface area contributed by atoms with Gasteiger partial charge in [0, 0.05) is 0 Å². The Morgan fingerprint density at radius 3 is 0.889 bits per heavy atom. The third kappa shape index (κ3) is 9.34. The maximum atomic E-state index is 2.33. The SMILES string of the molecule is CCCC[N+](CCCC)(CCCC)CCCC.P. The summed E-state index contributed by atoms with van der Waals surface area (Å²) >= 11 is 0. The molecule has 0 saturated heterocycles. The van der Waals surface area contributed by atoms with Gasteiger partial charge in [0.2, 0.25) is 0 Å². The van der Waals surface area contributed by atoms with E-state index in [0.29, 0.717) is 0 Å². The van der Waals surface area contributed by atoms with Gasteiger partial charge < -0.3 is 4.48 Å². The first kappa shape index (κ1) is 20.7. The fourth-order valence-electron chi connectivity index (χ4n) is 2.64. The van der Waals surface area contributed by atoms with E-state index in [-0.39, 0.29) is 9.90 Å². The minimum Gasteiger partial charge on any atom is -0.324 e. The molecule has 0 saturated carbocycles. The summed E-state index contributed by atoms with van der Waals surface area (Å²) < 4.78 is 1.42. The van der Waals surface area contributed by atoms with Crippen LogP contribution in [0.3, 0.4) is 0 Å². The van der Waals surface area contributed by atoms with Crippen molar-refractivity contribution in [1.29, 1.82) is 0 Å². The third-order valence-electron chi connectivity index (χ3n) is 3.94. The van der Waals surface area contributed by atoms with Gasteiger partial charge in [-0.25, -0.2) is 0 Å². The van der Waals surface area contributed by atoms with Crippen molar-refractivity contribution >= 4 is 9.90 Å². The van der Waals surface area contributed by atoms with Crippen molar-refractivity contribution in [1.82, 2.24) is 0 Å². The van der Waals surface area contributed by atoms with Crippen molar-refractivity contribution in [3.63, 3.8) is 0 Å². The smallest absolute Gasteiger partial charge is 0.0786 e. The number of nitrogens with zero attached hydrogens (tertiary/aromatic N) is 1. The van der Waals surface area contributed by atoms with E-state index in [1.807, 2.05) is 0 Å². The minimum atomic E-state index is 0. The molecule has 112 valence electrons. The van der Waals surface area contributed by atoms with Crippen molar-refractivity contribution in [2.24, 2.45) is 0 Å². The van der Waals surface area contributed by atoms with Crippen LogP contribution in [0.2, 0.25) is 0 Å². The zero-order chi connectivity index (χ0) is 13.0. The fraction of sp³-hybridized carbons (Fsp3) is 1.00. The number of unbranched alkanes of at least 4 members (excludes halogenated alkanes) is 4. The Labute approximate surface area is 120 Å². The number of hydrogen-bond donors (Lipinski definition) is 0.